The van der Waals surface area contributed by atoms with Gasteiger partial charge in [0.1, 0.15) is 0 Å². The van der Waals surface area contributed by atoms with E-state index in [1.807, 2.05) is 0 Å². The van der Waals surface area contributed by atoms with Crippen molar-refractivity contribution in [3.8, 4) is 0 Å². The van der Waals surface area contributed by atoms with E-state index in [0.717, 1.165) is 6.07 Å². The summed E-state index contributed by atoms with van der Waals surface area (Å²) < 4.78 is 39.9. The van der Waals surface area contributed by atoms with Crippen molar-refractivity contribution in [2.45, 2.75) is 12.8 Å². The molecule has 3 nitrogen and oxygen atoms in total. The number of aryl methyl sites for hydroxylation is 1. The number of alkyl halides is 3. The molecule has 2 aromatic rings. The Labute approximate surface area is 95.5 Å². The van der Waals surface area contributed by atoms with Crippen molar-refractivity contribution in [3.05, 3.63) is 35.5 Å². The number of nitrogens with zero attached hydrogens (tertiary/aromatic N) is 1. The number of benzene rings is 1. The molecule has 1 aromatic carbocycles. The molecule has 92 valence electrons. The summed E-state index contributed by atoms with van der Waals surface area (Å²) in [4.78, 5) is 4.48. The molecule has 0 saturated carbocycles. The molecule has 17 heavy (non-hydrogen) atoms. The maximum atomic E-state index is 12.8. The fraction of sp³-hybridized carbons (Fsp3) is 0.273. The molecule has 2 rings (SSSR count). The van der Waals surface area contributed by atoms with Crippen molar-refractivity contribution in [2.24, 2.45) is 12.9 Å². The largest absolute Gasteiger partial charge is 0.418 e. The third kappa shape index (κ3) is 2.01. The Morgan fingerprint density at radius 2 is 2.06 bits per heavy atom. The van der Waals surface area contributed by atoms with Gasteiger partial charge in [0.15, 0.2) is 0 Å². The minimum atomic E-state index is -4.37. The summed E-state index contributed by atoms with van der Waals surface area (Å²) in [5, 5.41) is 0.507. The molecule has 0 atom stereocenters. The van der Waals surface area contributed by atoms with Crippen LogP contribution in [-0.4, -0.2) is 4.57 Å². The van der Waals surface area contributed by atoms with Crippen molar-refractivity contribution in [2.75, 3.05) is 0 Å². The van der Waals surface area contributed by atoms with E-state index in [2.05, 4.69) is 4.84 Å². The monoisotopic (exact) mass is 244 g/mol. The van der Waals surface area contributed by atoms with E-state index >= 15 is 0 Å². The van der Waals surface area contributed by atoms with Crippen LogP contribution in [0.2, 0.25) is 0 Å². The van der Waals surface area contributed by atoms with Gasteiger partial charge in [-0.2, -0.15) is 13.2 Å². The third-order valence-electron chi connectivity index (χ3n) is 2.63. The van der Waals surface area contributed by atoms with Gasteiger partial charge in [-0.25, -0.2) is 5.90 Å². The van der Waals surface area contributed by atoms with Gasteiger partial charge in [0.25, 0.3) is 0 Å². The van der Waals surface area contributed by atoms with Crippen LogP contribution in [0.1, 0.15) is 11.1 Å². The van der Waals surface area contributed by atoms with Crippen LogP contribution < -0.4 is 5.90 Å². The second kappa shape index (κ2) is 4.05. The first kappa shape index (κ1) is 11.9. The zero-order valence-corrected chi connectivity index (χ0v) is 9.08. The smallest absolute Gasteiger partial charge is 0.350 e. The Morgan fingerprint density at radius 1 is 1.35 bits per heavy atom. The van der Waals surface area contributed by atoms with Crippen molar-refractivity contribution in [3.63, 3.8) is 0 Å². The van der Waals surface area contributed by atoms with E-state index in [1.165, 1.54) is 10.6 Å². The number of halogens is 3. The maximum absolute atomic E-state index is 12.8. The average Bonchev–Trinajstić information content (AvgIpc) is 2.55. The Kier molecular flexibility index (Phi) is 2.84. The van der Waals surface area contributed by atoms with Crippen LogP contribution in [0.25, 0.3) is 10.9 Å². The van der Waals surface area contributed by atoms with Gasteiger partial charge in [-0.05, 0) is 6.07 Å². The van der Waals surface area contributed by atoms with Crippen molar-refractivity contribution >= 4 is 10.9 Å². The maximum Gasteiger partial charge on any atom is 0.418 e. The van der Waals surface area contributed by atoms with Crippen LogP contribution in [0.4, 0.5) is 13.2 Å². The molecule has 1 heterocycles. The fourth-order valence-corrected chi connectivity index (χ4v) is 1.98. The minimum Gasteiger partial charge on any atom is -0.350 e. The second-order valence-corrected chi connectivity index (χ2v) is 3.78. The number of rotatable bonds is 2. The lowest BCUT2D eigenvalue weighted by Gasteiger charge is -2.09. The molecule has 0 aliphatic carbocycles. The highest BCUT2D eigenvalue weighted by molar-refractivity contribution is 5.87. The predicted octanol–water partition coefficient (Wildman–Crippen LogP) is 2.59. The average molecular weight is 244 g/mol. The molecule has 0 bridgehead atoms. The molecule has 0 unspecified atom stereocenters. The van der Waals surface area contributed by atoms with Gasteiger partial charge in [-0.3, -0.25) is 4.84 Å². The van der Waals surface area contributed by atoms with E-state index in [0.29, 0.717) is 10.9 Å². The third-order valence-corrected chi connectivity index (χ3v) is 2.63. The molecular weight excluding hydrogens is 233 g/mol. The quantitative estimate of drug-likeness (QED) is 0.825. The highest BCUT2D eigenvalue weighted by atomic mass is 19.4. The van der Waals surface area contributed by atoms with Gasteiger partial charge in [-0.15, -0.1) is 0 Å². The summed E-state index contributed by atoms with van der Waals surface area (Å²) in [5.41, 5.74) is 0.129. The highest BCUT2D eigenvalue weighted by Gasteiger charge is 2.33. The highest BCUT2D eigenvalue weighted by Crippen LogP contribution is 2.36. The molecular formula is C11H11F3N2O. The number of aromatic nitrogens is 1. The molecule has 0 spiro atoms. The first-order valence-electron chi connectivity index (χ1n) is 4.91. The summed E-state index contributed by atoms with van der Waals surface area (Å²) in [5.74, 6) is 4.95. The first-order chi connectivity index (χ1) is 7.95. The Hall–Kier alpha value is -1.53. The minimum absolute atomic E-state index is 0.0820. The number of nitrogens with two attached hydrogens (primary N) is 1. The molecule has 2 N–H and O–H groups in total. The van der Waals surface area contributed by atoms with E-state index in [1.54, 1.807) is 19.3 Å². The van der Waals surface area contributed by atoms with Crippen LogP contribution in [0.5, 0.6) is 0 Å². The lowest BCUT2D eigenvalue weighted by molar-refractivity contribution is -0.136. The van der Waals surface area contributed by atoms with Crippen molar-refractivity contribution in [1.29, 1.82) is 0 Å². The zero-order valence-electron chi connectivity index (χ0n) is 9.08. The fourth-order valence-electron chi connectivity index (χ4n) is 1.98. The van der Waals surface area contributed by atoms with E-state index in [9.17, 15) is 13.2 Å². The summed E-state index contributed by atoms with van der Waals surface area (Å²) >= 11 is 0. The molecule has 6 heteroatoms. The lowest BCUT2D eigenvalue weighted by atomic mass is 10.1. The molecule has 0 radical (unpaired) electrons. The summed E-state index contributed by atoms with van der Waals surface area (Å²) in [6.45, 7) is 0.0820. The number of para-hydroxylation sites is 1. The molecule has 0 fully saturated rings. The van der Waals surface area contributed by atoms with Gasteiger partial charge in [0.2, 0.25) is 0 Å². The number of fused-ring (bicyclic) bond motifs is 1. The zero-order chi connectivity index (χ0) is 12.6. The van der Waals surface area contributed by atoms with Gasteiger partial charge in [0.05, 0.1) is 17.7 Å². The Balaban J connectivity index is 2.73. The van der Waals surface area contributed by atoms with Crippen LogP contribution in [-0.2, 0) is 24.7 Å². The standard InChI is InChI=1S/C11H11F3N2O/c1-16-5-7(6-17-15)8-3-2-4-9(10(8)16)11(12,13)14/h2-5H,6,15H2,1H3. The van der Waals surface area contributed by atoms with Crippen LogP contribution in [0.15, 0.2) is 24.4 Å². The van der Waals surface area contributed by atoms with Crippen molar-refractivity contribution < 1.29 is 18.0 Å². The number of hydrogen-bond donors (Lipinski definition) is 1. The first-order valence-corrected chi connectivity index (χ1v) is 4.91. The SMILES string of the molecule is Cn1cc(CON)c2cccc(C(F)(F)F)c21. The predicted molar refractivity (Wildman–Crippen MR) is 56.9 cm³/mol. The molecule has 1 aromatic heterocycles. The van der Waals surface area contributed by atoms with Crippen LogP contribution in [0, 0.1) is 0 Å². The van der Waals surface area contributed by atoms with Crippen LogP contribution >= 0.6 is 0 Å². The van der Waals surface area contributed by atoms with Crippen LogP contribution in [0.3, 0.4) is 0 Å². The summed E-state index contributed by atoms with van der Waals surface area (Å²) in [7, 11) is 1.57. The van der Waals surface area contributed by atoms with Crippen molar-refractivity contribution in [1.82, 2.24) is 4.57 Å². The van der Waals surface area contributed by atoms with Gasteiger partial charge in [-0.1, -0.05) is 12.1 Å². The second-order valence-electron chi connectivity index (χ2n) is 3.78. The van der Waals surface area contributed by atoms with E-state index in [-0.39, 0.29) is 12.1 Å². The van der Waals surface area contributed by atoms with E-state index < -0.39 is 11.7 Å². The lowest BCUT2D eigenvalue weighted by Crippen LogP contribution is -2.07. The Morgan fingerprint density at radius 3 is 2.65 bits per heavy atom. The van der Waals surface area contributed by atoms with E-state index in [4.69, 9.17) is 5.90 Å². The van der Waals surface area contributed by atoms with Gasteiger partial charge < -0.3 is 4.57 Å². The van der Waals surface area contributed by atoms with Gasteiger partial charge in [0, 0.05) is 24.2 Å². The normalized spacial score (nSPS) is 12.3. The Bertz CT molecular complexity index is 545. The number of hydrogen-bond acceptors (Lipinski definition) is 2. The molecule has 0 aliphatic heterocycles. The van der Waals surface area contributed by atoms with Gasteiger partial charge >= 0.3 is 6.18 Å². The molecule has 0 saturated heterocycles. The molecule has 0 amide bonds. The topological polar surface area (TPSA) is 40.2 Å². The summed E-state index contributed by atoms with van der Waals surface area (Å²) in [6, 6.07) is 4.07. The molecule has 0 aliphatic rings. The summed E-state index contributed by atoms with van der Waals surface area (Å²) in [6.07, 6.45) is -2.78.